The zero-order valence-electron chi connectivity index (χ0n) is 23.6. The number of methoxy groups -OCH3 is 2. The molecule has 0 aliphatic carbocycles. The van der Waals surface area contributed by atoms with Crippen molar-refractivity contribution in [1.29, 1.82) is 0 Å². The van der Waals surface area contributed by atoms with Gasteiger partial charge in [0.15, 0.2) is 0 Å². The fourth-order valence-electron chi connectivity index (χ4n) is 5.61. The zero-order chi connectivity index (χ0) is 30.0. The van der Waals surface area contributed by atoms with Crippen LogP contribution in [0.3, 0.4) is 0 Å². The van der Waals surface area contributed by atoms with Crippen LogP contribution in [0.25, 0.3) is 0 Å². The number of aliphatic imine (C=N–C) groups is 1. The lowest BCUT2D eigenvalue weighted by atomic mass is 10.0. The second kappa shape index (κ2) is 12.2. The van der Waals surface area contributed by atoms with Gasteiger partial charge in [-0.25, -0.2) is 4.99 Å². The molecule has 2 aromatic carbocycles. The number of benzene rings is 2. The van der Waals surface area contributed by atoms with Crippen LogP contribution in [0.5, 0.6) is 11.5 Å². The third-order valence-electron chi connectivity index (χ3n) is 7.49. The van der Waals surface area contributed by atoms with E-state index in [0.29, 0.717) is 36.9 Å². The van der Waals surface area contributed by atoms with E-state index < -0.39 is 23.8 Å². The first kappa shape index (κ1) is 29.7. The lowest BCUT2D eigenvalue weighted by Crippen LogP contribution is -2.54. The molecule has 0 spiro atoms. The van der Waals surface area contributed by atoms with E-state index >= 15 is 0 Å². The van der Waals surface area contributed by atoms with Gasteiger partial charge in [-0.2, -0.15) is 13.2 Å². The number of ether oxygens (including phenoxy) is 2. The van der Waals surface area contributed by atoms with E-state index in [1.165, 1.54) is 24.9 Å². The summed E-state index contributed by atoms with van der Waals surface area (Å²) in [5, 5.41) is 11.8. The van der Waals surface area contributed by atoms with Gasteiger partial charge in [-0.1, -0.05) is 30.8 Å². The summed E-state index contributed by atoms with van der Waals surface area (Å²) in [5.74, 6) is 0.466. The van der Waals surface area contributed by atoms with Crippen molar-refractivity contribution in [1.82, 2.24) is 4.90 Å². The van der Waals surface area contributed by atoms with Crippen molar-refractivity contribution in [3.63, 3.8) is 0 Å². The van der Waals surface area contributed by atoms with E-state index in [-0.39, 0.29) is 23.8 Å². The number of guanidine groups is 1. The maximum Gasteiger partial charge on any atom is 0.416 e. The molecule has 3 heterocycles. The van der Waals surface area contributed by atoms with E-state index in [1.54, 1.807) is 12.0 Å². The number of anilines is 2. The third-order valence-corrected chi connectivity index (χ3v) is 8.58. The third kappa shape index (κ3) is 6.18. The van der Waals surface area contributed by atoms with Crippen LogP contribution < -0.4 is 19.3 Å². The number of rotatable bonds is 6. The molecule has 224 valence electrons. The van der Waals surface area contributed by atoms with Gasteiger partial charge in [-0.3, -0.25) is 9.69 Å². The summed E-state index contributed by atoms with van der Waals surface area (Å²) in [5.41, 5.74) is 1.01. The second-order valence-electron chi connectivity index (χ2n) is 10.5. The first-order valence-electron chi connectivity index (χ1n) is 13.6. The molecule has 2 atom stereocenters. The molecule has 8 nitrogen and oxygen atoms in total. The van der Waals surface area contributed by atoms with Gasteiger partial charge in [0.05, 0.1) is 43.6 Å². The van der Waals surface area contributed by atoms with Gasteiger partial charge in [-0.15, -0.1) is 0 Å². The average Bonchev–Trinajstić information content (AvgIpc) is 3.17. The van der Waals surface area contributed by atoms with Crippen molar-refractivity contribution in [3.05, 3.63) is 70.1 Å². The van der Waals surface area contributed by atoms with Crippen LogP contribution in [0.2, 0.25) is 0 Å². The molecule has 1 saturated heterocycles. The Labute approximate surface area is 247 Å². The highest BCUT2D eigenvalue weighted by atomic mass is 32.2. The number of carbonyl (C=O) groups is 1. The predicted molar refractivity (Wildman–Crippen MR) is 158 cm³/mol. The second-order valence-corrected chi connectivity index (χ2v) is 11.4. The van der Waals surface area contributed by atoms with Crippen LogP contribution in [-0.2, 0) is 11.0 Å². The smallest absolute Gasteiger partial charge is 0.416 e. The van der Waals surface area contributed by atoms with Gasteiger partial charge >= 0.3 is 12.1 Å². The molecule has 0 saturated carbocycles. The van der Waals surface area contributed by atoms with Crippen LogP contribution in [-0.4, -0.2) is 68.4 Å². The summed E-state index contributed by atoms with van der Waals surface area (Å²) < 4.78 is 52.8. The minimum Gasteiger partial charge on any atom is -0.497 e. The van der Waals surface area contributed by atoms with Crippen molar-refractivity contribution < 1.29 is 32.5 Å². The molecule has 3 aliphatic rings. The topological polar surface area (TPSA) is 77.8 Å². The number of alkyl halides is 3. The zero-order valence-corrected chi connectivity index (χ0v) is 24.4. The molecule has 0 amide bonds. The van der Waals surface area contributed by atoms with E-state index in [0.717, 1.165) is 35.8 Å². The van der Waals surface area contributed by atoms with Crippen molar-refractivity contribution >= 4 is 35.1 Å². The van der Waals surface area contributed by atoms with Crippen molar-refractivity contribution in [2.24, 2.45) is 10.9 Å². The number of nitrogens with zero attached hydrogens (tertiary/aromatic N) is 4. The number of allylic oxidation sites excluding steroid dienone is 1. The van der Waals surface area contributed by atoms with Crippen molar-refractivity contribution in [3.8, 4) is 11.5 Å². The molecule has 0 aromatic heterocycles. The number of halogens is 3. The average molecular weight is 603 g/mol. The molecular formula is C30H33F3N4O4S. The van der Waals surface area contributed by atoms with Gasteiger partial charge in [-0.05, 0) is 41.7 Å². The Morgan fingerprint density at radius 2 is 1.86 bits per heavy atom. The van der Waals surface area contributed by atoms with E-state index in [1.807, 2.05) is 35.7 Å². The van der Waals surface area contributed by atoms with Crippen molar-refractivity contribution in [2.75, 3.05) is 50.2 Å². The summed E-state index contributed by atoms with van der Waals surface area (Å²) in [4.78, 5) is 23.9. The SMILES string of the molecule is COc1cccc(N2CCN(C3=NC4=C(SC=CC4)C(CC(=O)O)N3c3cc(C(F)(F)F)ccc3OC)CC(C)C2)c1. The number of hydrogen-bond donors (Lipinski definition) is 1. The molecule has 1 N–H and O–H groups in total. The number of thioether (sulfide) groups is 1. The van der Waals surface area contributed by atoms with Gasteiger partial charge in [0.2, 0.25) is 5.96 Å². The lowest BCUT2D eigenvalue weighted by Gasteiger charge is -2.43. The fourth-order valence-corrected chi connectivity index (χ4v) is 6.56. The van der Waals surface area contributed by atoms with Crippen LogP contribution in [0.1, 0.15) is 25.3 Å². The minimum atomic E-state index is -4.60. The van der Waals surface area contributed by atoms with E-state index in [4.69, 9.17) is 14.5 Å². The van der Waals surface area contributed by atoms with Gasteiger partial charge in [0.1, 0.15) is 11.5 Å². The molecule has 1 fully saturated rings. The Balaban J connectivity index is 1.60. The van der Waals surface area contributed by atoms with Crippen LogP contribution >= 0.6 is 11.8 Å². The van der Waals surface area contributed by atoms with Crippen LogP contribution in [0, 0.1) is 5.92 Å². The number of aliphatic carboxylic acids is 1. The highest BCUT2D eigenvalue weighted by Crippen LogP contribution is 2.45. The molecule has 2 aromatic rings. The highest BCUT2D eigenvalue weighted by Gasteiger charge is 2.41. The molecule has 12 heteroatoms. The fraction of sp³-hybridized carbons (Fsp3) is 0.400. The summed E-state index contributed by atoms with van der Waals surface area (Å²) in [6.45, 7) is 4.57. The van der Waals surface area contributed by atoms with Crippen molar-refractivity contribution in [2.45, 2.75) is 32.0 Å². The Morgan fingerprint density at radius 3 is 2.57 bits per heavy atom. The van der Waals surface area contributed by atoms with Crippen LogP contribution in [0.4, 0.5) is 24.5 Å². The molecule has 5 rings (SSSR count). The quantitative estimate of drug-likeness (QED) is 0.428. The predicted octanol–water partition coefficient (Wildman–Crippen LogP) is 6.06. The van der Waals surface area contributed by atoms with Gasteiger partial charge in [0.25, 0.3) is 0 Å². The molecule has 0 radical (unpaired) electrons. The number of carboxylic acid groups (broad SMARTS) is 1. The molecule has 42 heavy (non-hydrogen) atoms. The molecule has 0 bridgehead atoms. The highest BCUT2D eigenvalue weighted by molar-refractivity contribution is 8.06. The Hall–Kier alpha value is -3.80. The van der Waals surface area contributed by atoms with E-state index in [2.05, 4.69) is 16.7 Å². The molecule has 2 unspecified atom stereocenters. The van der Waals surface area contributed by atoms with Crippen LogP contribution in [0.15, 0.2) is 69.5 Å². The Kier molecular flexibility index (Phi) is 8.63. The van der Waals surface area contributed by atoms with E-state index in [9.17, 15) is 23.1 Å². The lowest BCUT2D eigenvalue weighted by molar-refractivity contribution is -0.138. The first-order chi connectivity index (χ1) is 20.1. The monoisotopic (exact) mass is 602 g/mol. The number of hydrogen-bond acceptors (Lipinski definition) is 8. The maximum atomic E-state index is 13.9. The first-order valence-corrected chi connectivity index (χ1v) is 14.5. The number of carboxylic acids is 1. The summed E-state index contributed by atoms with van der Waals surface area (Å²) in [7, 11) is 3.01. The molecular weight excluding hydrogens is 569 g/mol. The molecule has 3 aliphatic heterocycles. The Morgan fingerprint density at radius 1 is 1.10 bits per heavy atom. The summed E-state index contributed by atoms with van der Waals surface area (Å²) >= 11 is 1.36. The summed E-state index contributed by atoms with van der Waals surface area (Å²) in [6, 6.07) is 10.3. The standard InChI is InChI=1S/C30H33F3N4O4S/c1-19-17-35(21-6-4-7-22(15-21)40-2)11-12-36(18-19)29-34-23-8-5-13-42-28(23)25(16-27(38)39)37(29)24-14-20(30(31,32)33)9-10-26(24)41-3/h4-7,9-10,13-15,19,25H,8,11-12,16-18H2,1-3H3,(H,38,39). The van der Waals surface area contributed by atoms with Gasteiger partial charge in [0, 0.05) is 49.3 Å². The normalized spacial score (nSPS) is 21.1. The minimum absolute atomic E-state index is 0.126. The Bertz CT molecular complexity index is 1430. The van der Waals surface area contributed by atoms with Gasteiger partial charge < -0.3 is 24.4 Å². The largest absolute Gasteiger partial charge is 0.497 e. The maximum absolute atomic E-state index is 13.9. The summed E-state index contributed by atoms with van der Waals surface area (Å²) in [6.07, 6.45) is -2.46.